The van der Waals surface area contributed by atoms with Gasteiger partial charge < -0.3 is 15.9 Å². The number of benzene rings is 1. The molecule has 0 fully saturated rings. The van der Waals surface area contributed by atoms with Crippen LogP contribution < -0.4 is 5.73 Å². The molecule has 0 heterocycles. The van der Waals surface area contributed by atoms with Gasteiger partial charge in [-0.1, -0.05) is 12.1 Å². The van der Waals surface area contributed by atoms with Crippen LogP contribution in [0.2, 0.25) is 0 Å². The molecule has 0 aliphatic heterocycles. The average Bonchev–Trinajstić information content (AvgIpc) is 2.17. The highest BCUT2D eigenvalue weighted by Gasteiger charge is 2.21. The summed E-state index contributed by atoms with van der Waals surface area (Å²) in [5, 5.41) is 19.5. The Morgan fingerprint density at radius 1 is 1.40 bits per heavy atom. The zero-order valence-electron chi connectivity index (χ0n) is 8.65. The molecule has 15 heavy (non-hydrogen) atoms. The second-order valence-electron chi connectivity index (χ2n) is 3.57. The van der Waals surface area contributed by atoms with Crippen molar-refractivity contribution in [3.8, 4) is 0 Å². The van der Waals surface area contributed by atoms with Crippen molar-refractivity contribution in [1.29, 1.82) is 0 Å². The van der Waals surface area contributed by atoms with Crippen molar-refractivity contribution >= 4 is 17.3 Å². The van der Waals surface area contributed by atoms with Crippen molar-refractivity contribution in [3.05, 3.63) is 29.3 Å². The summed E-state index contributed by atoms with van der Waals surface area (Å²) in [6.07, 6.45) is -1.49. The molecule has 4 N–H and O–H groups in total. The first kappa shape index (κ1) is 12.3. The minimum Gasteiger partial charge on any atom is -0.398 e. The zero-order valence-corrected chi connectivity index (χ0v) is 9.41. The molecule has 0 bridgehead atoms. The number of aliphatic hydroxyl groups is 2. The maximum Gasteiger partial charge on any atom is 0.107 e. The van der Waals surface area contributed by atoms with E-state index in [2.05, 4.69) is 0 Å². The number of halogens is 1. The fourth-order valence-corrected chi connectivity index (χ4v) is 1.79. The molecular formula is C11H16ClNO2. The predicted molar refractivity (Wildman–Crippen MR) is 61.9 cm³/mol. The summed E-state index contributed by atoms with van der Waals surface area (Å²) in [6.45, 7) is 1.85. The third kappa shape index (κ3) is 2.84. The summed E-state index contributed by atoms with van der Waals surface area (Å²) >= 11 is 5.51. The Morgan fingerprint density at radius 2 is 2.07 bits per heavy atom. The van der Waals surface area contributed by atoms with Gasteiger partial charge in [0.2, 0.25) is 0 Å². The van der Waals surface area contributed by atoms with E-state index in [4.69, 9.17) is 17.3 Å². The number of alkyl halides is 1. The van der Waals surface area contributed by atoms with Crippen LogP contribution >= 0.6 is 11.6 Å². The molecule has 0 saturated carbocycles. The topological polar surface area (TPSA) is 66.5 Å². The van der Waals surface area contributed by atoms with E-state index in [1.54, 1.807) is 6.07 Å². The van der Waals surface area contributed by atoms with E-state index >= 15 is 0 Å². The number of hydrogen-bond acceptors (Lipinski definition) is 3. The zero-order chi connectivity index (χ0) is 11.4. The Morgan fingerprint density at radius 3 is 2.60 bits per heavy atom. The fraction of sp³-hybridized carbons (Fsp3) is 0.455. The lowest BCUT2D eigenvalue weighted by Gasteiger charge is -2.20. The lowest BCUT2D eigenvalue weighted by molar-refractivity contribution is 0.0171. The van der Waals surface area contributed by atoms with Gasteiger partial charge >= 0.3 is 0 Å². The van der Waals surface area contributed by atoms with Gasteiger partial charge in [0.25, 0.3) is 0 Å². The van der Waals surface area contributed by atoms with E-state index in [0.29, 0.717) is 23.6 Å². The highest BCUT2D eigenvalue weighted by molar-refractivity contribution is 6.17. The van der Waals surface area contributed by atoms with Crippen LogP contribution in [0.1, 0.15) is 23.7 Å². The van der Waals surface area contributed by atoms with Crippen LogP contribution in [0, 0.1) is 6.92 Å². The molecule has 0 amide bonds. The SMILES string of the molecule is Cc1cccc(N)c1C(O)C(O)CCCl. The fourth-order valence-electron chi connectivity index (χ4n) is 1.57. The first-order valence-corrected chi connectivity index (χ1v) is 5.38. The number of hydrogen-bond donors (Lipinski definition) is 3. The summed E-state index contributed by atoms with van der Waals surface area (Å²) in [7, 11) is 0. The minimum absolute atomic E-state index is 0.310. The molecule has 84 valence electrons. The number of aliphatic hydroxyl groups excluding tert-OH is 2. The van der Waals surface area contributed by atoms with E-state index in [9.17, 15) is 10.2 Å². The summed E-state index contributed by atoms with van der Waals surface area (Å²) in [4.78, 5) is 0. The standard InChI is InChI=1S/C11H16ClNO2/c1-7-3-2-4-8(13)10(7)11(15)9(14)5-6-12/h2-4,9,11,14-15H,5-6,13H2,1H3. The number of nitrogens with two attached hydrogens (primary N) is 1. The summed E-state index contributed by atoms with van der Waals surface area (Å²) in [5.41, 5.74) is 7.71. The van der Waals surface area contributed by atoms with E-state index in [1.807, 2.05) is 19.1 Å². The van der Waals surface area contributed by atoms with Gasteiger partial charge in [0.15, 0.2) is 0 Å². The smallest absolute Gasteiger partial charge is 0.107 e. The van der Waals surface area contributed by atoms with E-state index in [0.717, 1.165) is 5.56 Å². The maximum atomic E-state index is 9.89. The number of anilines is 1. The summed E-state index contributed by atoms with van der Waals surface area (Å²) in [5.74, 6) is 0.310. The first-order valence-electron chi connectivity index (χ1n) is 4.85. The van der Waals surface area contributed by atoms with Gasteiger partial charge in [-0.3, -0.25) is 0 Å². The summed E-state index contributed by atoms with van der Waals surface area (Å²) in [6, 6.07) is 5.37. The normalized spacial score (nSPS) is 14.9. The molecule has 3 nitrogen and oxygen atoms in total. The van der Waals surface area contributed by atoms with Gasteiger partial charge in [-0.25, -0.2) is 0 Å². The van der Waals surface area contributed by atoms with Crippen molar-refractivity contribution in [1.82, 2.24) is 0 Å². The monoisotopic (exact) mass is 229 g/mol. The molecule has 0 aliphatic rings. The van der Waals surface area contributed by atoms with Gasteiger partial charge in [0, 0.05) is 17.1 Å². The Bertz CT molecular complexity index is 310. The molecular weight excluding hydrogens is 214 g/mol. The van der Waals surface area contributed by atoms with Gasteiger partial charge in [-0.15, -0.1) is 11.6 Å². The molecule has 1 aromatic rings. The van der Waals surface area contributed by atoms with Crippen LogP contribution in [-0.4, -0.2) is 22.2 Å². The van der Waals surface area contributed by atoms with Gasteiger partial charge in [-0.05, 0) is 25.0 Å². The van der Waals surface area contributed by atoms with Crippen LogP contribution in [-0.2, 0) is 0 Å². The molecule has 0 aromatic heterocycles. The average molecular weight is 230 g/mol. The van der Waals surface area contributed by atoms with Crippen LogP contribution in [0.5, 0.6) is 0 Å². The third-order valence-electron chi connectivity index (χ3n) is 2.42. The molecule has 0 radical (unpaired) electrons. The second kappa shape index (κ2) is 5.35. The highest BCUT2D eigenvalue weighted by Crippen LogP contribution is 2.27. The van der Waals surface area contributed by atoms with Crippen LogP contribution in [0.25, 0.3) is 0 Å². The van der Waals surface area contributed by atoms with Crippen LogP contribution in [0.15, 0.2) is 18.2 Å². The molecule has 0 spiro atoms. The molecule has 2 atom stereocenters. The van der Waals surface area contributed by atoms with Crippen LogP contribution in [0.3, 0.4) is 0 Å². The van der Waals surface area contributed by atoms with E-state index < -0.39 is 12.2 Å². The first-order chi connectivity index (χ1) is 7.07. The van der Waals surface area contributed by atoms with E-state index in [-0.39, 0.29) is 0 Å². The molecule has 4 heteroatoms. The van der Waals surface area contributed by atoms with Gasteiger partial charge in [-0.2, -0.15) is 0 Å². The highest BCUT2D eigenvalue weighted by atomic mass is 35.5. The quantitative estimate of drug-likeness (QED) is 0.543. The second-order valence-corrected chi connectivity index (χ2v) is 3.95. The summed E-state index contributed by atoms with van der Waals surface area (Å²) < 4.78 is 0. The van der Waals surface area contributed by atoms with Gasteiger partial charge in [0.1, 0.15) is 6.10 Å². The molecule has 1 rings (SSSR count). The molecule has 1 aromatic carbocycles. The van der Waals surface area contributed by atoms with Crippen molar-refractivity contribution in [2.45, 2.75) is 25.6 Å². The third-order valence-corrected chi connectivity index (χ3v) is 2.64. The van der Waals surface area contributed by atoms with Crippen molar-refractivity contribution in [2.24, 2.45) is 0 Å². The largest absolute Gasteiger partial charge is 0.398 e. The van der Waals surface area contributed by atoms with E-state index in [1.165, 1.54) is 0 Å². The lowest BCUT2D eigenvalue weighted by Crippen LogP contribution is -2.20. The lowest BCUT2D eigenvalue weighted by atomic mass is 9.96. The Hall–Kier alpha value is -0.770. The molecule has 0 saturated heterocycles. The maximum absolute atomic E-state index is 9.89. The Balaban J connectivity index is 2.94. The number of aryl methyl sites for hydroxylation is 1. The number of nitrogen functional groups attached to an aromatic ring is 1. The van der Waals surface area contributed by atoms with Gasteiger partial charge in [0.05, 0.1) is 6.10 Å². The Kier molecular flexibility index (Phi) is 4.39. The predicted octanol–water partition coefficient (Wildman–Crippen LogP) is 1.60. The number of rotatable bonds is 4. The molecule has 0 aliphatic carbocycles. The van der Waals surface area contributed by atoms with Crippen molar-refractivity contribution < 1.29 is 10.2 Å². The van der Waals surface area contributed by atoms with Crippen molar-refractivity contribution in [3.63, 3.8) is 0 Å². The molecule has 2 unspecified atom stereocenters. The van der Waals surface area contributed by atoms with Crippen LogP contribution in [0.4, 0.5) is 5.69 Å². The van der Waals surface area contributed by atoms with Crippen molar-refractivity contribution in [2.75, 3.05) is 11.6 Å². The minimum atomic E-state index is -0.968. The Labute approximate surface area is 94.5 Å².